The molecule has 5 rings (SSSR count). The number of fused-ring (bicyclic) bond motifs is 1. The van der Waals surface area contributed by atoms with E-state index in [2.05, 4.69) is 39.6 Å². The third-order valence-electron chi connectivity index (χ3n) is 5.82. The molecule has 2 heterocycles. The first kappa shape index (κ1) is 22.7. The van der Waals surface area contributed by atoms with E-state index < -0.39 is 0 Å². The second-order valence-corrected chi connectivity index (χ2v) is 9.00. The third-order valence-corrected chi connectivity index (χ3v) is 6.75. The molecule has 0 saturated carbocycles. The van der Waals surface area contributed by atoms with Gasteiger partial charge in [-0.2, -0.15) is 0 Å². The summed E-state index contributed by atoms with van der Waals surface area (Å²) in [6.07, 6.45) is 1.96. The van der Waals surface area contributed by atoms with Crippen LogP contribution in [0, 0.1) is 6.92 Å². The predicted molar refractivity (Wildman–Crippen MR) is 139 cm³/mol. The summed E-state index contributed by atoms with van der Waals surface area (Å²) in [5, 5.41) is 13.7. The minimum absolute atomic E-state index is 0.0890. The molecule has 1 amide bonds. The zero-order valence-electron chi connectivity index (χ0n) is 19.5. The number of aryl methyl sites for hydroxylation is 1. The van der Waals surface area contributed by atoms with Crippen LogP contribution in [-0.4, -0.2) is 38.5 Å². The number of para-hydroxylation sites is 3. The van der Waals surface area contributed by atoms with Gasteiger partial charge in [0, 0.05) is 34.8 Å². The largest absolute Gasteiger partial charge is 0.496 e. The van der Waals surface area contributed by atoms with Crippen molar-refractivity contribution in [3.8, 4) is 22.8 Å². The molecule has 0 aliphatic carbocycles. The molecular formula is C27H25N5O2S. The van der Waals surface area contributed by atoms with Crippen molar-refractivity contribution in [3.63, 3.8) is 0 Å². The Morgan fingerprint density at radius 1 is 1.03 bits per heavy atom. The van der Waals surface area contributed by atoms with Crippen molar-refractivity contribution in [2.45, 2.75) is 18.6 Å². The van der Waals surface area contributed by atoms with Gasteiger partial charge in [0.25, 0.3) is 0 Å². The highest BCUT2D eigenvalue weighted by Gasteiger charge is 2.20. The van der Waals surface area contributed by atoms with Gasteiger partial charge >= 0.3 is 0 Å². The first-order valence-corrected chi connectivity index (χ1v) is 12.2. The fourth-order valence-electron chi connectivity index (χ4n) is 4.05. The Labute approximate surface area is 207 Å². The minimum atomic E-state index is -0.0890. The molecule has 0 aliphatic heterocycles. The normalized spacial score (nSPS) is 11.0. The first-order chi connectivity index (χ1) is 17.2. The Morgan fingerprint density at radius 3 is 2.66 bits per heavy atom. The van der Waals surface area contributed by atoms with Gasteiger partial charge in [-0.1, -0.05) is 66.4 Å². The average Bonchev–Trinajstić information content (AvgIpc) is 3.50. The van der Waals surface area contributed by atoms with Crippen LogP contribution in [-0.2, 0) is 11.3 Å². The Balaban J connectivity index is 1.41. The van der Waals surface area contributed by atoms with E-state index in [9.17, 15) is 4.79 Å². The van der Waals surface area contributed by atoms with Gasteiger partial charge in [-0.3, -0.25) is 9.36 Å². The molecule has 0 bridgehead atoms. The van der Waals surface area contributed by atoms with E-state index in [1.165, 1.54) is 11.8 Å². The number of ether oxygens (including phenoxy) is 1. The standard InChI is InChI=1S/C27H25N5O2S/c1-18-9-3-7-13-23(18)32-26(21-16-28-22-12-6-5-11-20(21)22)30-31-27(32)35-17-25(33)29-15-19-10-4-8-14-24(19)34-2/h3-14,16,28H,15,17H2,1-2H3,(H,29,33). The number of thioether (sulfide) groups is 1. The van der Waals surface area contributed by atoms with Gasteiger partial charge in [0.15, 0.2) is 11.0 Å². The minimum Gasteiger partial charge on any atom is -0.496 e. The number of aromatic nitrogens is 4. The lowest BCUT2D eigenvalue weighted by Gasteiger charge is -2.13. The summed E-state index contributed by atoms with van der Waals surface area (Å²) in [5.41, 5.74) is 5.00. The highest BCUT2D eigenvalue weighted by molar-refractivity contribution is 7.99. The molecule has 0 aliphatic rings. The van der Waals surface area contributed by atoms with Gasteiger partial charge in [-0.05, 0) is 30.7 Å². The molecule has 0 radical (unpaired) electrons. The number of hydrogen-bond donors (Lipinski definition) is 2. The lowest BCUT2D eigenvalue weighted by Crippen LogP contribution is -2.25. The summed E-state index contributed by atoms with van der Waals surface area (Å²) >= 11 is 1.36. The van der Waals surface area contributed by atoms with Crippen LogP contribution in [0.2, 0.25) is 0 Å². The zero-order chi connectivity index (χ0) is 24.2. The van der Waals surface area contributed by atoms with E-state index in [0.29, 0.717) is 11.7 Å². The van der Waals surface area contributed by atoms with Crippen LogP contribution >= 0.6 is 11.8 Å². The lowest BCUT2D eigenvalue weighted by atomic mass is 10.1. The summed E-state index contributed by atoms with van der Waals surface area (Å²) in [6, 6.07) is 23.9. The molecule has 0 saturated heterocycles. The number of hydrogen-bond acceptors (Lipinski definition) is 5. The maximum absolute atomic E-state index is 12.7. The van der Waals surface area contributed by atoms with Crippen LogP contribution < -0.4 is 10.1 Å². The Hall–Kier alpha value is -4.04. The van der Waals surface area contributed by atoms with Crippen LogP contribution in [0.1, 0.15) is 11.1 Å². The topological polar surface area (TPSA) is 84.8 Å². The van der Waals surface area contributed by atoms with Gasteiger partial charge in [0.2, 0.25) is 5.91 Å². The molecule has 8 heteroatoms. The van der Waals surface area contributed by atoms with Gasteiger partial charge in [-0.15, -0.1) is 10.2 Å². The summed E-state index contributed by atoms with van der Waals surface area (Å²) in [6.45, 7) is 2.46. The predicted octanol–water partition coefficient (Wildman–Crippen LogP) is 5.14. The number of H-pyrrole nitrogens is 1. The SMILES string of the molecule is COc1ccccc1CNC(=O)CSc1nnc(-c2c[nH]c3ccccc23)n1-c1ccccc1C. The van der Waals surface area contributed by atoms with E-state index in [1.54, 1.807) is 7.11 Å². The van der Waals surface area contributed by atoms with Crippen LogP contribution in [0.3, 0.4) is 0 Å². The number of carbonyl (C=O) groups excluding carboxylic acids is 1. The van der Waals surface area contributed by atoms with Crippen molar-refractivity contribution in [1.82, 2.24) is 25.1 Å². The summed E-state index contributed by atoms with van der Waals surface area (Å²) in [7, 11) is 1.63. The summed E-state index contributed by atoms with van der Waals surface area (Å²) in [4.78, 5) is 16.0. The molecule has 0 atom stereocenters. The second kappa shape index (κ2) is 10.1. The van der Waals surface area contributed by atoms with E-state index in [1.807, 2.05) is 71.4 Å². The van der Waals surface area contributed by atoms with Gasteiger partial charge < -0.3 is 15.0 Å². The number of amides is 1. The van der Waals surface area contributed by atoms with Gasteiger partial charge in [0.1, 0.15) is 5.75 Å². The Kier molecular flexibility index (Phi) is 6.54. The number of carbonyl (C=O) groups is 1. The van der Waals surface area contributed by atoms with Crippen molar-refractivity contribution in [1.29, 1.82) is 0 Å². The van der Waals surface area contributed by atoms with Crippen LogP contribution in [0.4, 0.5) is 0 Å². The summed E-state index contributed by atoms with van der Waals surface area (Å²) < 4.78 is 7.40. The fraction of sp³-hybridized carbons (Fsp3) is 0.148. The maximum Gasteiger partial charge on any atom is 0.230 e. The summed E-state index contributed by atoms with van der Waals surface area (Å²) in [5.74, 6) is 1.61. The van der Waals surface area contributed by atoms with E-state index in [0.717, 1.165) is 44.9 Å². The molecule has 2 N–H and O–H groups in total. The van der Waals surface area contributed by atoms with E-state index in [-0.39, 0.29) is 11.7 Å². The second-order valence-electron chi connectivity index (χ2n) is 8.05. The van der Waals surface area contributed by atoms with E-state index >= 15 is 0 Å². The van der Waals surface area contributed by atoms with Crippen LogP contribution in [0.15, 0.2) is 84.1 Å². The number of benzene rings is 3. The quantitative estimate of drug-likeness (QED) is 0.299. The third kappa shape index (κ3) is 4.65. The molecule has 7 nitrogen and oxygen atoms in total. The van der Waals surface area contributed by atoms with Crippen molar-refractivity contribution < 1.29 is 9.53 Å². The van der Waals surface area contributed by atoms with Crippen molar-refractivity contribution in [2.24, 2.45) is 0 Å². The number of aromatic amines is 1. The molecule has 0 fully saturated rings. The van der Waals surface area contributed by atoms with Gasteiger partial charge in [-0.25, -0.2) is 0 Å². The average molecular weight is 484 g/mol. The highest BCUT2D eigenvalue weighted by Crippen LogP contribution is 2.33. The smallest absolute Gasteiger partial charge is 0.230 e. The van der Waals surface area contributed by atoms with Crippen molar-refractivity contribution >= 4 is 28.6 Å². The maximum atomic E-state index is 12.7. The van der Waals surface area contributed by atoms with Crippen molar-refractivity contribution in [3.05, 3.63) is 90.1 Å². The van der Waals surface area contributed by atoms with Gasteiger partial charge in [0.05, 0.1) is 18.6 Å². The number of methoxy groups -OCH3 is 1. The van der Waals surface area contributed by atoms with Crippen LogP contribution in [0.25, 0.3) is 28.0 Å². The molecule has 176 valence electrons. The highest BCUT2D eigenvalue weighted by atomic mass is 32.2. The molecule has 0 unspecified atom stereocenters. The monoisotopic (exact) mass is 483 g/mol. The lowest BCUT2D eigenvalue weighted by molar-refractivity contribution is -0.118. The number of nitrogens with one attached hydrogen (secondary N) is 2. The molecular weight excluding hydrogens is 458 g/mol. The van der Waals surface area contributed by atoms with Crippen molar-refractivity contribution in [2.75, 3.05) is 12.9 Å². The molecule has 3 aromatic carbocycles. The first-order valence-electron chi connectivity index (χ1n) is 11.2. The number of rotatable bonds is 8. The Bertz CT molecular complexity index is 1490. The fourth-order valence-corrected chi connectivity index (χ4v) is 4.82. The number of nitrogens with zero attached hydrogens (tertiary/aromatic N) is 3. The molecule has 35 heavy (non-hydrogen) atoms. The molecule has 2 aromatic heterocycles. The molecule has 0 spiro atoms. The van der Waals surface area contributed by atoms with Crippen LogP contribution in [0.5, 0.6) is 5.75 Å². The Morgan fingerprint density at radius 2 is 1.80 bits per heavy atom. The van der Waals surface area contributed by atoms with E-state index in [4.69, 9.17) is 4.74 Å². The zero-order valence-corrected chi connectivity index (χ0v) is 20.3. The molecule has 5 aromatic rings.